The second-order valence-corrected chi connectivity index (χ2v) is 4.25. The highest BCUT2D eigenvalue weighted by Gasteiger charge is 2.18. The van der Waals surface area contributed by atoms with Crippen molar-refractivity contribution in [3.05, 3.63) is 47.8 Å². The first-order valence-electron chi connectivity index (χ1n) is 6.03. The molecule has 1 amide bonds. The largest absolute Gasteiger partial charge is 0.478 e. The van der Waals surface area contributed by atoms with E-state index in [1.165, 1.54) is 24.5 Å². The quantitative estimate of drug-likeness (QED) is 0.892. The number of fused-ring (bicyclic) bond motifs is 1. The molecule has 1 aromatic carbocycles. The van der Waals surface area contributed by atoms with Crippen LogP contribution in [0.15, 0.2) is 36.7 Å². The van der Waals surface area contributed by atoms with Crippen molar-refractivity contribution in [2.75, 3.05) is 12.1 Å². The van der Waals surface area contributed by atoms with Crippen molar-refractivity contribution in [2.24, 2.45) is 0 Å². The fourth-order valence-corrected chi connectivity index (χ4v) is 1.91. The Bertz CT molecular complexity index is 729. The van der Waals surface area contributed by atoms with Crippen molar-refractivity contribution < 1.29 is 24.2 Å². The average molecular weight is 286 g/mol. The Morgan fingerprint density at radius 2 is 2.00 bits per heavy atom. The number of hydrogen-bond donors (Lipinski definition) is 2. The maximum Gasteiger partial charge on any atom is 0.337 e. The predicted molar refractivity (Wildman–Crippen MR) is 71.7 cm³/mol. The number of hydrogen-bond acceptors (Lipinski definition) is 5. The van der Waals surface area contributed by atoms with E-state index in [1.807, 2.05) is 0 Å². The first-order chi connectivity index (χ1) is 10.1. The van der Waals surface area contributed by atoms with E-state index < -0.39 is 11.9 Å². The molecule has 0 radical (unpaired) electrons. The van der Waals surface area contributed by atoms with Crippen LogP contribution in [0.5, 0.6) is 11.5 Å². The third-order valence-corrected chi connectivity index (χ3v) is 2.93. The third kappa shape index (κ3) is 2.48. The molecule has 2 aromatic rings. The zero-order valence-electron chi connectivity index (χ0n) is 10.7. The van der Waals surface area contributed by atoms with E-state index in [9.17, 15) is 9.59 Å². The van der Waals surface area contributed by atoms with E-state index >= 15 is 0 Å². The summed E-state index contributed by atoms with van der Waals surface area (Å²) in [7, 11) is 0. The molecule has 0 fully saturated rings. The molecular formula is C14H10N2O5. The lowest BCUT2D eigenvalue weighted by Crippen LogP contribution is -2.15. The Morgan fingerprint density at radius 3 is 2.81 bits per heavy atom. The minimum atomic E-state index is -1.14. The Balaban J connectivity index is 1.85. The van der Waals surface area contributed by atoms with Gasteiger partial charge in [-0.2, -0.15) is 0 Å². The van der Waals surface area contributed by atoms with Crippen LogP contribution >= 0.6 is 0 Å². The standard InChI is InChI=1S/C14H10N2O5/c17-13(8-1-2-11-12(5-8)21-7-20-11)16-10-6-15-4-3-9(10)14(18)19/h1-6H,7H2,(H,16,17)(H,18,19). The van der Waals surface area contributed by atoms with Gasteiger partial charge in [0.25, 0.3) is 5.91 Å². The number of ether oxygens (including phenoxy) is 2. The van der Waals surface area contributed by atoms with Crippen LogP contribution in [0.25, 0.3) is 0 Å². The van der Waals surface area contributed by atoms with Gasteiger partial charge in [0, 0.05) is 11.8 Å². The lowest BCUT2D eigenvalue weighted by atomic mass is 10.1. The minimum absolute atomic E-state index is 0.0286. The summed E-state index contributed by atoms with van der Waals surface area (Å²) in [5.74, 6) is -0.548. The Kier molecular flexibility index (Phi) is 3.15. The maximum atomic E-state index is 12.2. The molecule has 0 atom stereocenters. The maximum absolute atomic E-state index is 12.2. The van der Waals surface area contributed by atoms with Gasteiger partial charge in [-0.1, -0.05) is 0 Å². The highest BCUT2D eigenvalue weighted by molar-refractivity contribution is 6.07. The molecule has 3 rings (SSSR count). The number of aromatic nitrogens is 1. The van der Waals surface area contributed by atoms with Crippen LogP contribution in [0.4, 0.5) is 5.69 Å². The highest BCUT2D eigenvalue weighted by Crippen LogP contribution is 2.32. The SMILES string of the molecule is O=C(Nc1cnccc1C(=O)O)c1ccc2c(c1)OCO2. The lowest BCUT2D eigenvalue weighted by Gasteiger charge is -2.08. The van der Waals surface area contributed by atoms with Gasteiger partial charge in [-0.15, -0.1) is 0 Å². The number of carbonyl (C=O) groups excluding carboxylic acids is 1. The molecule has 0 bridgehead atoms. The third-order valence-electron chi connectivity index (χ3n) is 2.93. The van der Waals surface area contributed by atoms with Gasteiger partial charge in [0.15, 0.2) is 11.5 Å². The fraction of sp³-hybridized carbons (Fsp3) is 0.0714. The van der Waals surface area contributed by atoms with Crippen molar-refractivity contribution >= 4 is 17.6 Å². The molecule has 0 unspecified atom stereocenters. The van der Waals surface area contributed by atoms with Gasteiger partial charge in [-0.05, 0) is 24.3 Å². The van der Waals surface area contributed by atoms with E-state index in [1.54, 1.807) is 12.1 Å². The molecule has 1 aliphatic heterocycles. The summed E-state index contributed by atoms with van der Waals surface area (Å²) in [6.07, 6.45) is 2.63. The van der Waals surface area contributed by atoms with E-state index in [2.05, 4.69) is 10.3 Å². The molecule has 0 saturated heterocycles. The van der Waals surface area contributed by atoms with Crippen molar-refractivity contribution in [1.29, 1.82) is 0 Å². The number of carboxylic acids is 1. The number of amides is 1. The molecular weight excluding hydrogens is 276 g/mol. The molecule has 0 spiro atoms. The number of aromatic carboxylic acids is 1. The average Bonchev–Trinajstić information content (AvgIpc) is 2.94. The zero-order chi connectivity index (χ0) is 14.8. The Morgan fingerprint density at radius 1 is 1.19 bits per heavy atom. The number of rotatable bonds is 3. The first-order valence-corrected chi connectivity index (χ1v) is 6.03. The molecule has 2 N–H and O–H groups in total. The van der Waals surface area contributed by atoms with E-state index in [4.69, 9.17) is 14.6 Å². The summed E-state index contributed by atoms with van der Waals surface area (Å²) in [4.78, 5) is 27.0. The summed E-state index contributed by atoms with van der Waals surface area (Å²) >= 11 is 0. The summed E-state index contributed by atoms with van der Waals surface area (Å²) in [6.45, 7) is 0.117. The molecule has 7 nitrogen and oxygen atoms in total. The number of pyridine rings is 1. The summed E-state index contributed by atoms with van der Waals surface area (Å²) in [5, 5.41) is 11.6. The van der Waals surface area contributed by atoms with E-state index in [0.717, 1.165) is 0 Å². The van der Waals surface area contributed by atoms with Gasteiger partial charge >= 0.3 is 5.97 Å². The van der Waals surface area contributed by atoms with Crippen LogP contribution in [0, 0.1) is 0 Å². The van der Waals surface area contributed by atoms with Gasteiger partial charge in [0.05, 0.1) is 17.4 Å². The minimum Gasteiger partial charge on any atom is -0.478 e. The molecule has 1 aromatic heterocycles. The number of carboxylic acid groups (broad SMARTS) is 1. The fourth-order valence-electron chi connectivity index (χ4n) is 1.91. The van der Waals surface area contributed by atoms with Crippen LogP contribution in [0.3, 0.4) is 0 Å². The normalized spacial score (nSPS) is 12.0. The summed E-state index contributed by atoms with van der Waals surface area (Å²) in [6, 6.07) is 6.05. The number of anilines is 1. The van der Waals surface area contributed by atoms with Crippen molar-refractivity contribution in [2.45, 2.75) is 0 Å². The molecule has 106 valence electrons. The molecule has 0 saturated carbocycles. The molecule has 2 heterocycles. The molecule has 21 heavy (non-hydrogen) atoms. The number of nitrogens with zero attached hydrogens (tertiary/aromatic N) is 1. The van der Waals surface area contributed by atoms with Crippen LogP contribution < -0.4 is 14.8 Å². The second kappa shape index (κ2) is 5.12. The Labute approximate surface area is 119 Å². The number of nitrogens with one attached hydrogen (secondary N) is 1. The summed E-state index contributed by atoms with van der Waals surface area (Å²) in [5.41, 5.74) is 0.436. The van der Waals surface area contributed by atoms with Gasteiger partial charge in [0.1, 0.15) is 0 Å². The van der Waals surface area contributed by atoms with Crippen LogP contribution in [0.1, 0.15) is 20.7 Å². The van der Waals surface area contributed by atoms with Crippen LogP contribution in [-0.2, 0) is 0 Å². The van der Waals surface area contributed by atoms with Gasteiger partial charge in [0.2, 0.25) is 6.79 Å². The first kappa shape index (κ1) is 12.9. The Hall–Kier alpha value is -3.09. The zero-order valence-corrected chi connectivity index (χ0v) is 10.7. The topological polar surface area (TPSA) is 97.8 Å². The highest BCUT2D eigenvalue weighted by atomic mass is 16.7. The number of carbonyl (C=O) groups is 2. The van der Waals surface area contributed by atoms with Crippen LogP contribution in [-0.4, -0.2) is 28.8 Å². The number of benzene rings is 1. The lowest BCUT2D eigenvalue weighted by molar-refractivity contribution is 0.0698. The smallest absolute Gasteiger partial charge is 0.337 e. The van der Waals surface area contributed by atoms with Crippen molar-refractivity contribution in [3.8, 4) is 11.5 Å². The van der Waals surface area contributed by atoms with Gasteiger partial charge in [-0.25, -0.2) is 4.79 Å². The molecule has 1 aliphatic rings. The van der Waals surface area contributed by atoms with Crippen molar-refractivity contribution in [3.63, 3.8) is 0 Å². The van der Waals surface area contributed by atoms with E-state index in [0.29, 0.717) is 17.1 Å². The summed E-state index contributed by atoms with van der Waals surface area (Å²) < 4.78 is 10.4. The monoisotopic (exact) mass is 286 g/mol. The molecule has 0 aliphatic carbocycles. The van der Waals surface area contributed by atoms with Gasteiger partial charge < -0.3 is 19.9 Å². The van der Waals surface area contributed by atoms with Crippen LogP contribution in [0.2, 0.25) is 0 Å². The molecule has 7 heteroatoms. The predicted octanol–water partition coefficient (Wildman–Crippen LogP) is 1.76. The van der Waals surface area contributed by atoms with Gasteiger partial charge in [-0.3, -0.25) is 9.78 Å². The van der Waals surface area contributed by atoms with Crippen molar-refractivity contribution in [1.82, 2.24) is 4.98 Å². The second-order valence-electron chi connectivity index (χ2n) is 4.25. The van der Waals surface area contributed by atoms with E-state index in [-0.39, 0.29) is 18.0 Å².